The summed E-state index contributed by atoms with van der Waals surface area (Å²) in [4.78, 5) is 0. The van der Waals surface area contributed by atoms with E-state index in [1.54, 1.807) is 0 Å². The highest BCUT2D eigenvalue weighted by molar-refractivity contribution is 4.97. The van der Waals surface area contributed by atoms with E-state index in [0.717, 1.165) is 25.7 Å². The van der Waals surface area contributed by atoms with Crippen LogP contribution in [0.3, 0.4) is 0 Å². The Kier molecular flexibility index (Phi) is 7.95. The number of hydrogen-bond donors (Lipinski definition) is 0. The normalized spacial score (nSPS) is 14.0. The van der Waals surface area contributed by atoms with Crippen LogP contribution in [0.4, 0.5) is 35.1 Å². The Bertz CT molecular complexity index is 288. The fourth-order valence-corrected chi connectivity index (χ4v) is 1.84. The number of halogens is 8. The van der Waals surface area contributed by atoms with Gasteiger partial charge in [0.1, 0.15) is 0 Å². The molecule has 0 spiro atoms. The molecule has 0 radical (unpaired) electrons. The Hall–Kier alpha value is -0.560. The summed E-state index contributed by atoms with van der Waals surface area (Å²) in [5.74, 6) is -17.3. The Morgan fingerprint density at radius 2 is 1.14 bits per heavy atom. The first-order valence-electron chi connectivity index (χ1n) is 6.92. The molecule has 0 aromatic carbocycles. The first-order valence-corrected chi connectivity index (χ1v) is 6.92. The van der Waals surface area contributed by atoms with Gasteiger partial charge in [0.25, 0.3) is 0 Å². The van der Waals surface area contributed by atoms with Crippen LogP contribution in [0.1, 0.15) is 58.3 Å². The summed E-state index contributed by atoms with van der Waals surface area (Å²) in [5.41, 5.74) is 0. The number of unbranched alkanes of at least 4 members (excludes halogenated alkanes) is 6. The maximum Gasteiger partial charge on any atom is 0.377 e. The summed E-state index contributed by atoms with van der Waals surface area (Å²) >= 11 is 0. The van der Waals surface area contributed by atoms with Gasteiger partial charge in [-0.3, -0.25) is 0 Å². The molecule has 0 atom stereocenters. The molecule has 0 aliphatic rings. The lowest BCUT2D eigenvalue weighted by Gasteiger charge is -2.32. The monoisotopic (exact) mass is 328 g/mol. The minimum absolute atomic E-state index is 0.176. The van der Waals surface area contributed by atoms with Crippen LogP contribution in [0.15, 0.2) is 0 Å². The standard InChI is InChI=1S/C13H20F8/c1-2-3-4-5-6-7-8-9-11(16,17)13(20,21)12(18,19)10(14)15/h10H,2-9H2,1H3. The maximum absolute atomic E-state index is 13.1. The lowest BCUT2D eigenvalue weighted by Crippen LogP contribution is -2.57. The quantitative estimate of drug-likeness (QED) is 0.308. The molecule has 21 heavy (non-hydrogen) atoms. The highest BCUT2D eigenvalue weighted by Crippen LogP contribution is 2.50. The second-order valence-corrected chi connectivity index (χ2v) is 5.07. The zero-order valence-corrected chi connectivity index (χ0v) is 11.8. The highest BCUT2D eigenvalue weighted by atomic mass is 19.4. The predicted octanol–water partition coefficient (Wildman–Crippen LogP) is 6.30. The topological polar surface area (TPSA) is 0 Å². The van der Waals surface area contributed by atoms with Gasteiger partial charge in [-0.05, 0) is 6.42 Å². The van der Waals surface area contributed by atoms with E-state index in [0.29, 0.717) is 6.42 Å². The second kappa shape index (κ2) is 8.17. The molecule has 0 aliphatic carbocycles. The molecule has 0 N–H and O–H groups in total. The van der Waals surface area contributed by atoms with Crippen molar-refractivity contribution in [2.45, 2.75) is 82.5 Å². The third kappa shape index (κ3) is 5.29. The van der Waals surface area contributed by atoms with E-state index in [-0.39, 0.29) is 6.42 Å². The molecule has 0 unspecified atom stereocenters. The lowest BCUT2D eigenvalue weighted by molar-refractivity contribution is -0.339. The Balaban J connectivity index is 4.35. The predicted molar refractivity (Wildman–Crippen MR) is 63.5 cm³/mol. The van der Waals surface area contributed by atoms with Gasteiger partial charge in [0.05, 0.1) is 0 Å². The van der Waals surface area contributed by atoms with Crippen LogP contribution in [-0.2, 0) is 0 Å². The number of rotatable bonds is 11. The zero-order valence-electron chi connectivity index (χ0n) is 11.8. The summed E-state index contributed by atoms with van der Waals surface area (Å²) in [6.45, 7) is 1.98. The summed E-state index contributed by atoms with van der Waals surface area (Å²) in [6, 6.07) is 0. The molecular formula is C13H20F8. The van der Waals surface area contributed by atoms with Crippen molar-refractivity contribution in [2.24, 2.45) is 0 Å². The summed E-state index contributed by atoms with van der Waals surface area (Å²) in [7, 11) is 0. The molecule has 128 valence electrons. The van der Waals surface area contributed by atoms with Gasteiger partial charge < -0.3 is 0 Å². The smallest absolute Gasteiger partial charge is 0.203 e. The van der Waals surface area contributed by atoms with Gasteiger partial charge in [-0.25, -0.2) is 8.78 Å². The van der Waals surface area contributed by atoms with E-state index in [1.165, 1.54) is 0 Å². The van der Waals surface area contributed by atoms with E-state index >= 15 is 0 Å². The molecule has 0 aromatic rings. The van der Waals surface area contributed by atoms with Crippen LogP contribution in [0.25, 0.3) is 0 Å². The molecule has 0 rings (SSSR count). The van der Waals surface area contributed by atoms with Crippen LogP contribution in [0.5, 0.6) is 0 Å². The maximum atomic E-state index is 13.1. The van der Waals surface area contributed by atoms with Crippen molar-refractivity contribution in [3.05, 3.63) is 0 Å². The van der Waals surface area contributed by atoms with Crippen molar-refractivity contribution in [2.75, 3.05) is 0 Å². The van der Waals surface area contributed by atoms with Crippen LogP contribution < -0.4 is 0 Å². The van der Waals surface area contributed by atoms with Gasteiger partial charge in [0, 0.05) is 6.42 Å². The first-order chi connectivity index (χ1) is 9.50. The second-order valence-electron chi connectivity index (χ2n) is 5.07. The average molecular weight is 328 g/mol. The third-order valence-corrected chi connectivity index (χ3v) is 3.25. The Morgan fingerprint density at radius 3 is 1.57 bits per heavy atom. The van der Waals surface area contributed by atoms with Gasteiger partial charge in [0.2, 0.25) is 0 Å². The fraction of sp³-hybridized carbons (Fsp3) is 1.00. The van der Waals surface area contributed by atoms with Crippen LogP contribution in [0.2, 0.25) is 0 Å². The molecule has 0 amide bonds. The summed E-state index contributed by atoms with van der Waals surface area (Å²) in [6.07, 6.45) is -2.52. The number of hydrogen-bond acceptors (Lipinski definition) is 0. The van der Waals surface area contributed by atoms with Crippen molar-refractivity contribution in [1.82, 2.24) is 0 Å². The van der Waals surface area contributed by atoms with Crippen molar-refractivity contribution < 1.29 is 35.1 Å². The Morgan fingerprint density at radius 1 is 0.714 bits per heavy atom. The van der Waals surface area contributed by atoms with Crippen molar-refractivity contribution in [3.63, 3.8) is 0 Å². The van der Waals surface area contributed by atoms with Gasteiger partial charge in [-0.1, -0.05) is 45.4 Å². The van der Waals surface area contributed by atoms with Gasteiger partial charge in [-0.15, -0.1) is 0 Å². The largest absolute Gasteiger partial charge is 0.377 e. The summed E-state index contributed by atoms with van der Waals surface area (Å²) in [5, 5.41) is 0. The molecule has 0 saturated heterocycles. The molecule has 0 aliphatic heterocycles. The van der Waals surface area contributed by atoms with Crippen LogP contribution >= 0.6 is 0 Å². The van der Waals surface area contributed by atoms with E-state index in [1.807, 2.05) is 6.92 Å². The lowest BCUT2D eigenvalue weighted by atomic mass is 9.98. The SMILES string of the molecule is CCCCCCCCCC(F)(F)C(F)(F)C(F)(F)C(F)F. The molecule has 0 bridgehead atoms. The molecule has 0 saturated carbocycles. The molecule has 8 heteroatoms. The van der Waals surface area contributed by atoms with Gasteiger partial charge in [0.15, 0.2) is 0 Å². The van der Waals surface area contributed by atoms with E-state index in [2.05, 4.69) is 0 Å². The molecule has 0 heterocycles. The summed E-state index contributed by atoms with van der Waals surface area (Å²) < 4.78 is 101. The van der Waals surface area contributed by atoms with E-state index in [4.69, 9.17) is 0 Å². The van der Waals surface area contributed by atoms with Gasteiger partial charge in [-0.2, -0.15) is 26.3 Å². The van der Waals surface area contributed by atoms with E-state index < -0.39 is 37.0 Å². The fourth-order valence-electron chi connectivity index (χ4n) is 1.84. The highest BCUT2D eigenvalue weighted by Gasteiger charge is 2.74. The van der Waals surface area contributed by atoms with Crippen molar-refractivity contribution >= 4 is 0 Å². The molecular weight excluding hydrogens is 308 g/mol. The third-order valence-electron chi connectivity index (χ3n) is 3.25. The average Bonchev–Trinajstić information content (AvgIpc) is 2.37. The first kappa shape index (κ1) is 20.4. The van der Waals surface area contributed by atoms with Crippen molar-refractivity contribution in [3.8, 4) is 0 Å². The van der Waals surface area contributed by atoms with Crippen molar-refractivity contribution in [1.29, 1.82) is 0 Å². The zero-order chi connectivity index (χ0) is 16.7. The molecule has 0 fully saturated rings. The van der Waals surface area contributed by atoms with Crippen LogP contribution in [0, 0.1) is 0 Å². The van der Waals surface area contributed by atoms with Crippen LogP contribution in [-0.4, -0.2) is 24.2 Å². The van der Waals surface area contributed by atoms with Gasteiger partial charge >= 0.3 is 24.2 Å². The Labute approximate surface area is 118 Å². The number of alkyl halides is 8. The minimum Gasteiger partial charge on any atom is -0.203 e. The molecule has 0 aromatic heterocycles. The van der Waals surface area contributed by atoms with E-state index in [9.17, 15) is 35.1 Å². The molecule has 0 nitrogen and oxygen atoms in total. The minimum atomic E-state index is -6.06.